The normalized spacial score (nSPS) is 19.6. The average Bonchev–Trinajstić information content (AvgIpc) is 3.22. The van der Waals surface area contributed by atoms with Gasteiger partial charge in [-0.05, 0) is 29.3 Å². The number of alkyl halides is 3. The van der Waals surface area contributed by atoms with Gasteiger partial charge in [-0.1, -0.05) is 0 Å². The van der Waals surface area contributed by atoms with Gasteiger partial charge in [0.2, 0.25) is 5.88 Å². The van der Waals surface area contributed by atoms with Crippen molar-refractivity contribution in [1.82, 2.24) is 14.5 Å². The molecule has 34 heavy (non-hydrogen) atoms. The van der Waals surface area contributed by atoms with E-state index in [2.05, 4.69) is 9.97 Å². The molecule has 2 aliphatic heterocycles. The standard InChI is InChI=1S/C22H13F5N4O3/c23-14-3-11(4-15(24)19(14)34-13-1-2-28-16(5-13)22(25,26)27)9-33-17-6-18-30(20(32)29-17)10-21-7-12(21)8-31(18)21/h1-6,8H,7,9-10H2. The molecule has 3 aromatic rings. The molecule has 7 nitrogen and oxygen atoms in total. The van der Waals surface area contributed by atoms with Crippen molar-refractivity contribution < 1.29 is 31.4 Å². The van der Waals surface area contributed by atoms with Gasteiger partial charge in [-0.15, -0.1) is 0 Å². The Hall–Kier alpha value is -3.96. The van der Waals surface area contributed by atoms with Gasteiger partial charge in [0.25, 0.3) is 0 Å². The SMILES string of the molecule is O=c1nc(OCc2cc(F)c(Oc3ccnc(C(F)(F)F)c3)c(F)c2)cc2n1CC13CC1=CN23. The minimum atomic E-state index is -4.74. The fourth-order valence-corrected chi connectivity index (χ4v) is 4.26. The third-order valence-electron chi connectivity index (χ3n) is 6.02. The molecular formula is C22H13F5N4O3. The summed E-state index contributed by atoms with van der Waals surface area (Å²) in [6.07, 6.45) is -1.04. The van der Waals surface area contributed by atoms with Gasteiger partial charge in [0.15, 0.2) is 17.4 Å². The second-order valence-electron chi connectivity index (χ2n) is 8.21. The lowest BCUT2D eigenvalue weighted by Gasteiger charge is -2.27. The molecular weight excluding hydrogens is 463 g/mol. The first-order chi connectivity index (χ1) is 16.1. The second kappa shape index (κ2) is 6.78. The molecule has 0 radical (unpaired) electrons. The largest absolute Gasteiger partial charge is 0.473 e. The number of hydrogen-bond donors (Lipinski definition) is 0. The lowest BCUT2D eigenvalue weighted by molar-refractivity contribution is -0.141. The van der Waals surface area contributed by atoms with E-state index in [0.717, 1.165) is 30.8 Å². The Morgan fingerprint density at radius 1 is 1.12 bits per heavy atom. The Bertz CT molecular complexity index is 1430. The molecule has 1 spiro atoms. The molecule has 1 fully saturated rings. The molecule has 12 heteroatoms. The molecule has 0 N–H and O–H groups in total. The molecule has 4 heterocycles. The molecule has 1 unspecified atom stereocenters. The number of hydrogen-bond acceptors (Lipinski definition) is 6. The van der Waals surface area contributed by atoms with Crippen LogP contribution in [0.25, 0.3) is 0 Å². The van der Waals surface area contributed by atoms with Crippen molar-refractivity contribution in [3.63, 3.8) is 0 Å². The molecule has 1 aliphatic carbocycles. The predicted molar refractivity (Wildman–Crippen MR) is 106 cm³/mol. The number of aromatic nitrogens is 3. The quantitative estimate of drug-likeness (QED) is 0.515. The van der Waals surface area contributed by atoms with Crippen molar-refractivity contribution >= 4 is 5.82 Å². The van der Waals surface area contributed by atoms with E-state index in [9.17, 15) is 26.7 Å². The van der Waals surface area contributed by atoms with Gasteiger partial charge < -0.3 is 14.4 Å². The summed E-state index contributed by atoms with van der Waals surface area (Å²) in [6.45, 7) is 0.240. The molecule has 0 bridgehead atoms. The Balaban J connectivity index is 1.19. The van der Waals surface area contributed by atoms with Gasteiger partial charge >= 0.3 is 11.9 Å². The number of rotatable bonds is 5. The van der Waals surface area contributed by atoms with Gasteiger partial charge in [-0.25, -0.2) is 13.6 Å². The van der Waals surface area contributed by atoms with Crippen LogP contribution in [-0.4, -0.2) is 20.1 Å². The number of fused-ring (bicyclic) bond motifs is 2. The van der Waals surface area contributed by atoms with Gasteiger partial charge in [0.05, 0.1) is 12.1 Å². The maximum Gasteiger partial charge on any atom is 0.433 e. The van der Waals surface area contributed by atoms with E-state index in [1.165, 1.54) is 5.57 Å². The van der Waals surface area contributed by atoms with Crippen molar-refractivity contribution in [2.24, 2.45) is 0 Å². The Labute approximate surface area is 187 Å². The molecule has 1 saturated carbocycles. The molecule has 6 rings (SSSR count). The zero-order valence-electron chi connectivity index (χ0n) is 17.1. The highest BCUT2D eigenvalue weighted by Crippen LogP contribution is 2.61. The lowest BCUT2D eigenvalue weighted by atomic mass is 10.2. The summed E-state index contributed by atoms with van der Waals surface area (Å²) in [7, 11) is 0. The molecule has 1 aromatic carbocycles. The van der Waals surface area contributed by atoms with Crippen molar-refractivity contribution in [2.45, 2.75) is 31.3 Å². The molecule has 2 aromatic heterocycles. The minimum absolute atomic E-state index is 0.00779. The van der Waals surface area contributed by atoms with Crippen LogP contribution >= 0.6 is 0 Å². The first-order valence-corrected chi connectivity index (χ1v) is 10.1. The molecule has 3 aliphatic rings. The monoisotopic (exact) mass is 476 g/mol. The van der Waals surface area contributed by atoms with E-state index in [4.69, 9.17) is 9.47 Å². The first kappa shape index (κ1) is 20.6. The number of anilines is 1. The Morgan fingerprint density at radius 3 is 2.56 bits per heavy atom. The molecule has 174 valence electrons. The van der Waals surface area contributed by atoms with Crippen LogP contribution in [0.4, 0.5) is 27.8 Å². The van der Waals surface area contributed by atoms with Crippen LogP contribution in [0.1, 0.15) is 17.7 Å². The summed E-state index contributed by atoms with van der Waals surface area (Å²) in [5.74, 6) is -2.92. The molecule has 1 atom stereocenters. The minimum Gasteiger partial charge on any atom is -0.473 e. The van der Waals surface area contributed by atoms with Crippen LogP contribution in [0.15, 0.2) is 53.1 Å². The predicted octanol–water partition coefficient (Wildman–Crippen LogP) is 4.17. The van der Waals surface area contributed by atoms with Crippen molar-refractivity contribution in [2.75, 3.05) is 4.90 Å². The number of halogens is 5. The van der Waals surface area contributed by atoms with E-state index in [1.807, 2.05) is 11.1 Å². The maximum absolute atomic E-state index is 14.5. The average molecular weight is 476 g/mol. The van der Waals surface area contributed by atoms with E-state index < -0.39 is 40.7 Å². The molecule has 0 saturated heterocycles. The van der Waals surface area contributed by atoms with Gasteiger partial charge in [-0.3, -0.25) is 9.55 Å². The van der Waals surface area contributed by atoms with Gasteiger partial charge in [0.1, 0.15) is 23.9 Å². The van der Waals surface area contributed by atoms with E-state index in [-0.39, 0.29) is 23.6 Å². The van der Waals surface area contributed by atoms with E-state index >= 15 is 0 Å². The van der Waals surface area contributed by atoms with Crippen LogP contribution in [0.2, 0.25) is 0 Å². The summed E-state index contributed by atoms with van der Waals surface area (Å²) in [6, 6.07) is 5.02. The highest BCUT2D eigenvalue weighted by molar-refractivity contribution is 5.71. The number of ether oxygens (including phenoxy) is 2. The zero-order chi connectivity index (χ0) is 23.8. The van der Waals surface area contributed by atoms with Crippen molar-refractivity contribution in [3.8, 4) is 17.4 Å². The third-order valence-corrected chi connectivity index (χ3v) is 6.02. The van der Waals surface area contributed by atoms with E-state index in [0.29, 0.717) is 18.4 Å². The second-order valence-corrected chi connectivity index (χ2v) is 8.21. The summed E-state index contributed by atoms with van der Waals surface area (Å²) in [5.41, 5.74) is -0.476. The Morgan fingerprint density at radius 2 is 1.88 bits per heavy atom. The van der Waals surface area contributed by atoms with Crippen LogP contribution in [0, 0.1) is 11.6 Å². The van der Waals surface area contributed by atoms with Gasteiger partial charge in [0, 0.05) is 31.0 Å². The van der Waals surface area contributed by atoms with E-state index in [1.54, 1.807) is 10.6 Å². The fraction of sp³-hybridized carbons (Fsp3) is 0.227. The van der Waals surface area contributed by atoms with Gasteiger partial charge in [-0.2, -0.15) is 18.2 Å². The molecule has 0 amide bonds. The number of benzene rings is 1. The van der Waals surface area contributed by atoms with Crippen LogP contribution in [-0.2, 0) is 19.3 Å². The topological polar surface area (TPSA) is 69.5 Å². The van der Waals surface area contributed by atoms with Crippen LogP contribution < -0.4 is 20.1 Å². The lowest BCUT2D eigenvalue weighted by Crippen LogP contribution is -2.35. The third kappa shape index (κ3) is 3.12. The van der Waals surface area contributed by atoms with Crippen LogP contribution in [0.5, 0.6) is 17.4 Å². The highest BCUT2D eigenvalue weighted by atomic mass is 19.4. The smallest absolute Gasteiger partial charge is 0.433 e. The number of nitrogens with zero attached hydrogens (tertiary/aromatic N) is 4. The fourth-order valence-electron chi connectivity index (χ4n) is 4.26. The summed E-state index contributed by atoms with van der Waals surface area (Å²) in [4.78, 5) is 21.4. The maximum atomic E-state index is 14.5. The summed E-state index contributed by atoms with van der Waals surface area (Å²) >= 11 is 0. The highest BCUT2D eigenvalue weighted by Gasteiger charge is 2.64. The van der Waals surface area contributed by atoms with Crippen LogP contribution in [0.3, 0.4) is 0 Å². The Kier molecular flexibility index (Phi) is 4.11. The summed E-state index contributed by atoms with van der Waals surface area (Å²) in [5, 5.41) is 0. The van der Waals surface area contributed by atoms with Crippen molar-refractivity contribution in [3.05, 3.63) is 81.7 Å². The zero-order valence-corrected chi connectivity index (χ0v) is 17.1. The number of pyridine rings is 1. The first-order valence-electron chi connectivity index (χ1n) is 10.1. The van der Waals surface area contributed by atoms with Crippen molar-refractivity contribution in [1.29, 1.82) is 0 Å². The summed E-state index contributed by atoms with van der Waals surface area (Å²) < 4.78 is 79.5.